The number of aromatic hydroxyl groups is 1. The number of hydrogen-bond donors (Lipinski definition) is 1. The van der Waals surface area contributed by atoms with Crippen LogP contribution in [0.5, 0.6) is 5.75 Å². The average molecular weight is 327 g/mol. The highest BCUT2D eigenvalue weighted by atomic mass is 16.3. The van der Waals surface area contributed by atoms with Gasteiger partial charge in [0.25, 0.3) is 0 Å². The summed E-state index contributed by atoms with van der Waals surface area (Å²) in [4.78, 5) is 14.7. The first-order chi connectivity index (χ1) is 11.7. The highest BCUT2D eigenvalue weighted by Crippen LogP contribution is 2.23. The summed E-state index contributed by atoms with van der Waals surface area (Å²) in [6, 6.07) is 9.58. The van der Waals surface area contributed by atoms with Gasteiger partial charge in [-0.15, -0.1) is 0 Å². The Bertz CT molecular complexity index is 637. The SMILES string of the molecule is O=C(CCn1cccn1)N1CCCCC1CCc1ccc(O)cc1. The lowest BCUT2D eigenvalue weighted by Gasteiger charge is -2.36. The summed E-state index contributed by atoms with van der Waals surface area (Å²) >= 11 is 0. The maximum absolute atomic E-state index is 12.6. The Morgan fingerprint density at radius 3 is 2.83 bits per heavy atom. The lowest BCUT2D eigenvalue weighted by molar-refractivity contribution is -0.135. The van der Waals surface area contributed by atoms with Crippen LogP contribution in [-0.2, 0) is 17.8 Å². The first-order valence-corrected chi connectivity index (χ1v) is 8.77. The van der Waals surface area contributed by atoms with Crippen molar-refractivity contribution in [3.05, 3.63) is 48.3 Å². The fourth-order valence-corrected chi connectivity index (χ4v) is 3.41. The second-order valence-electron chi connectivity index (χ2n) is 6.46. The molecule has 1 saturated heterocycles. The van der Waals surface area contributed by atoms with Gasteiger partial charge in [0.1, 0.15) is 5.75 Å². The zero-order valence-corrected chi connectivity index (χ0v) is 14.0. The van der Waals surface area contributed by atoms with Gasteiger partial charge in [-0.1, -0.05) is 12.1 Å². The summed E-state index contributed by atoms with van der Waals surface area (Å²) in [5, 5.41) is 13.5. The normalized spacial score (nSPS) is 17.8. The molecule has 5 nitrogen and oxygen atoms in total. The van der Waals surface area contributed by atoms with E-state index in [9.17, 15) is 9.90 Å². The fraction of sp³-hybridized carbons (Fsp3) is 0.474. The number of likely N-dealkylation sites (tertiary alicyclic amines) is 1. The summed E-state index contributed by atoms with van der Waals surface area (Å²) in [7, 11) is 0. The average Bonchev–Trinajstić information content (AvgIpc) is 3.13. The second kappa shape index (κ2) is 7.99. The Morgan fingerprint density at radius 1 is 1.25 bits per heavy atom. The number of carbonyl (C=O) groups excluding carboxylic acids is 1. The molecule has 0 spiro atoms. The molecule has 1 aromatic heterocycles. The maximum Gasteiger partial charge on any atom is 0.224 e. The zero-order chi connectivity index (χ0) is 16.8. The summed E-state index contributed by atoms with van der Waals surface area (Å²) in [5.41, 5.74) is 1.21. The van der Waals surface area contributed by atoms with Crippen LogP contribution in [0.4, 0.5) is 0 Å². The Morgan fingerprint density at radius 2 is 2.08 bits per heavy atom. The summed E-state index contributed by atoms with van der Waals surface area (Å²) in [5.74, 6) is 0.535. The minimum Gasteiger partial charge on any atom is -0.508 e. The van der Waals surface area contributed by atoms with Gasteiger partial charge in [-0.2, -0.15) is 5.10 Å². The third-order valence-electron chi connectivity index (χ3n) is 4.76. The molecule has 24 heavy (non-hydrogen) atoms. The van der Waals surface area contributed by atoms with E-state index < -0.39 is 0 Å². The predicted molar refractivity (Wildman–Crippen MR) is 92.6 cm³/mol. The second-order valence-corrected chi connectivity index (χ2v) is 6.46. The van der Waals surface area contributed by atoms with Crippen LogP contribution in [-0.4, -0.2) is 38.3 Å². The van der Waals surface area contributed by atoms with Gasteiger partial charge in [-0.25, -0.2) is 0 Å². The molecule has 0 bridgehead atoms. The molecule has 1 fully saturated rings. The standard InChI is InChI=1S/C19H25N3O2/c23-18-9-6-16(7-10-18)5-8-17-4-1-2-14-22(17)19(24)11-15-21-13-3-12-20-21/h3,6-7,9-10,12-13,17,23H,1-2,4-5,8,11,14-15H2. The molecule has 0 aliphatic carbocycles. The topological polar surface area (TPSA) is 58.4 Å². The van der Waals surface area contributed by atoms with E-state index in [2.05, 4.69) is 10.00 Å². The molecule has 1 amide bonds. The van der Waals surface area contributed by atoms with E-state index in [1.165, 1.54) is 12.0 Å². The molecule has 1 aliphatic rings. The Kier molecular flexibility index (Phi) is 5.51. The van der Waals surface area contributed by atoms with Gasteiger partial charge in [-0.3, -0.25) is 9.48 Å². The molecule has 0 radical (unpaired) electrons. The van der Waals surface area contributed by atoms with Crippen molar-refractivity contribution in [2.75, 3.05) is 6.54 Å². The number of aryl methyl sites for hydroxylation is 2. The van der Waals surface area contributed by atoms with Gasteiger partial charge < -0.3 is 10.0 Å². The van der Waals surface area contributed by atoms with E-state index in [0.29, 0.717) is 24.8 Å². The van der Waals surface area contributed by atoms with Crippen LogP contribution in [0, 0.1) is 0 Å². The van der Waals surface area contributed by atoms with Crippen molar-refractivity contribution in [1.29, 1.82) is 0 Å². The minimum absolute atomic E-state index is 0.237. The Hall–Kier alpha value is -2.30. The number of nitrogens with zero attached hydrogens (tertiary/aromatic N) is 3. The molecule has 2 aromatic rings. The molecular weight excluding hydrogens is 302 g/mol. The molecule has 5 heteroatoms. The molecule has 1 N–H and O–H groups in total. The molecule has 2 heterocycles. The van der Waals surface area contributed by atoms with Crippen LogP contribution in [0.2, 0.25) is 0 Å². The number of amides is 1. The molecule has 128 valence electrons. The van der Waals surface area contributed by atoms with Crippen LogP contribution in [0.3, 0.4) is 0 Å². The van der Waals surface area contributed by atoms with Crippen LogP contribution >= 0.6 is 0 Å². The number of aromatic nitrogens is 2. The number of benzene rings is 1. The smallest absolute Gasteiger partial charge is 0.224 e. The van der Waals surface area contributed by atoms with Crippen LogP contribution in [0.25, 0.3) is 0 Å². The quantitative estimate of drug-likeness (QED) is 0.887. The molecule has 1 aliphatic heterocycles. The summed E-state index contributed by atoms with van der Waals surface area (Å²) in [6.45, 7) is 1.52. The van der Waals surface area contributed by atoms with Gasteiger partial charge >= 0.3 is 0 Å². The Balaban J connectivity index is 1.54. The van der Waals surface area contributed by atoms with Crippen LogP contribution in [0.1, 0.15) is 37.7 Å². The minimum atomic E-state index is 0.237. The molecule has 1 aromatic carbocycles. The molecular formula is C19H25N3O2. The lowest BCUT2D eigenvalue weighted by Crippen LogP contribution is -2.44. The zero-order valence-electron chi connectivity index (χ0n) is 14.0. The van der Waals surface area contributed by atoms with Gasteiger partial charge in [0, 0.05) is 37.9 Å². The highest BCUT2D eigenvalue weighted by Gasteiger charge is 2.26. The van der Waals surface area contributed by atoms with E-state index in [-0.39, 0.29) is 5.91 Å². The molecule has 1 unspecified atom stereocenters. The number of rotatable bonds is 6. The number of phenolic OH excluding ortho intramolecular Hbond substituents is 1. The summed E-state index contributed by atoms with van der Waals surface area (Å²) < 4.78 is 1.81. The van der Waals surface area contributed by atoms with Crippen molar-refractivity contribution in [3.8, 4) is 5.75 Å². The monoisotopic (exact) mass is 327 g/mol. The van der Waals surface area contributed by atoms with Crippen LogP contribution in [0.15, 0.2) is 42.7 Å². The van der Waals surface area contributed by atoms with Crippen molar-refractivity contribution in [2.45, 2.75) is 51.1 Å². The Labute approximate surface area is 142 Å². The van der Waals surface area contributed by atoms with E-state index in [0.717, 1.165) is 32.2 Å². The maximum atomic E-state index is 12.6. The van der Waals surface area contributed by atoms with Crippen molar-refractivity contribution in [3.63, 3.8) is 0 Å². The molecule has 1 atom stereocenters. The van der Waals surface area contributed by atoms with E-state index in [1.54, 1.807) is 18.3 Å². The number of carbonyl (C=O) groups is 1. The third kappa shape index (κ3) is 4.37. The van der Waals surface area contributed by atoms with Gasteiger partial charge in [-0.05, 0) is 55.9 Å². The van der Waals surface area contributed by atoms with Crippen molar-refractivity contribution in [2.24, 2.45) is 0 Å². The van der Waals surface area contributed by atoms with E-state index in [1.807, 2.05) is 29.1 Å². The largest absolute Gasteiger partial charge is 0.508 e. The third-order valence-corrected chi connectivity index (χ3v) is 4.76. The van der Waals surface area contributed by atoms with Crippen molar-refractivity contribution >= 4 is 5.91 Å². The number of phenols is 1. The van der Waals surface area contributed by atoms with E-state index >= 15 is 0 Å². The van der Waals surface area contributed by atoms with Gasteiger partial charge in [0.05, 0.1) is 0 Å². The fourth-order valence-electron chi connectivity index (χ4n) is 3.41. The molecule has 0 saturated carbocycles. The first kappa shape index (κ1) is 16.6. The van der Waals surface area contributed by atoms with Crippen molar-refractivity contribution in [1.82, 2.24) is 14.7 Å². The van der Waals surface area contributed by atoms with Gasteiger partial charge in [0.2, 0.25) is 5.91 Å². The number of piperidine rings is 1. The van der Waals surface area contributed by atoms with Gasteiger partial charge in [0.15, 0.2) is 0 Å². The predicted octanol–water partition coefficient (Wildman–Crippen LogP) is 2.99. The van der Waals surface area contributed by atoms with E-state index in [4.69, 9.17) is 0 Å². The first-order valence-electron chi connectivity index (χ1n) is 8.77. The number of hydrogen-bond acceptors (Lipinski definition) is 3. The molecule has 3 rings (SSSR count). The summed E-state index contributed by atoms with van der Waals surface area (Å²) in [6.07, 6.45) is 9.46. The van der Waals surface area contributed by atoms with Crippen molar-refractivity contribution < 1.29 is 9.90 Å². The van der Waals surface area contributed by atoms with Crippen LogP contribution < -0.4 is 0 Å². The highest BCUT2D eigenvalue weighted by molar-refractivity contribution is 5.76. The lowest BCUT2D eigenvalue weighted by atomic mass is 9.95.